The Morgan fingerprint density at radius 1 is 1.40 bits per heavy atom. The van der Waals surface area contributed by atoms with E-state index < -0.39 is 0 Å². The fourth-order valence-corrected chi connectivity index (χ4v) is 2.64. The lowest BCUT2D eigenvalue weighted by Gasteiger charge is -2.10. The molecule has 0 fully saturated rings. The number of benzene rings is 1. The van der Waals surface area contributed by atoms with Gasteiger partial charge in [-0.2, -0.15) is 5.26 Å². The van der Waals surface area contributed by atoms with Crippen LogP contribution in [0.15, 0.2) is 23.6 Å². The fraction of sp³-hybridized carbons (Fsp3) is 0.286. The molecule has 5 nitrogen and oxygen atoms in total. The minimum atomic E-state index is 0.494. The molecule has 3 aromatic rings. The standard InChI is InChI=1S/C14H13N5S/c1-9(2)7-19-13-4-3-10(6-15)5-11(13)16-14(19)12-8-20-18-17-12/h3-5,8-9H,7H2,1-2H3. The van der Waals surface area contributed by atoms with Gasteiger partial charge in [0, 0.05) is 11.9 Å². The van der Waals surface area contributed by atoms with Crippen molar-refractivity contribution < 1.29 is 0 Å². The molecule has 2 aromatic heterocycles. The first kappa shape index (κ1) is 12.8. The summed E-state index contributed by atoms with van der Waals surface area (Å²) in [5, 5.41) is 15.0. The molecule has 3 rings (SSSR count). The van der Waals surface area contributed by atoms with Crippen molar-refractivity contribution in [3.63, 3.8) is 0 Å². The molecule has 0 aliphatic rings. The van der Waals surface area contributed by atoms with Crippen LogP contribution >= 0.6 is 11.5 Å². The van der Waals surface area contributed by atoms with Gasteiger partial charge in [-0.05, 0) is 35.6 Å². The van der Waals surface area contributed by atoms with Crippen molar-refractivity contribution in [1.82, 2.24) is 19.1 Å². The van der Waals surface area contributed by atoms with Gasteiger partial charge in [-0.15, -0.1) is 5.10 Å². The normalized spacial score (nSPS) is 11.1. The SMILES string of the molecule is CC(C)Cn1c(-c2csnn2)nc2cc(C#N)ccc21. The Morgan fingerprint density at radius 2 is 2.25 bits per heavy atom. The van der Waals surface area contributed by atoms with E-state index in [9.17, 15) is 0 Å². The molecule has 0 radical (unpaired) electrons. The van der Waals surface area contributed by atoms with Crippen molar-refractivity contribution in [3.8, 4) is 17.6 Å². The van der Waals surface area contributed by atoms with Crippen LogP contribution in [0.25, 0.3) is 22.6 Å². The molecule has 0 spiro atoms. The summed E-state index contributed by atoms with van der Waals surface area (Å²) in [6, 6.07) is 7.74. The molecule has 0 amide bonds. The molecule has 0 bridgehead atoms. The molecule has 0 aliphatic heterocycles. The molecule has 0 saturated heterocycles. The van der Waals surface area contributed by atoms with Crippen molar-refractivity contribution in [2.45, 2.75) is 20.4 Å². The first-order valence-corrected chi connectivity index (χ1v) is 7.20. The first-order chi connectivity index (χ1) is 9.69. The van der Waals surface area contributed by atoms with Gasteiger partial charge in [-0.25, -0.2) is 4.98 Å². The Hall–Kier alpha value is -2.26. The second-order valence-electron chi connectivity index (χ2n) is 5.05. The van der Waals surface area contributed by atoms with Crippen LogP contribution < -0.4 is 0 Å². The monoisotopic (exact) mass is 283 g/mol. The molecule has 1 aromatic carbocycles. The summed E-state index contributed by atoms with van der Waals surface area (Å²) in [5.41, 5.74) is 3.26. The lowest BCUT2D eigenvalue weighted by atomic mass is 10.2. The smallest absolute Gasteiger partial charge is 0.162 e. The Labute approximate surface area is 120 Å². The van der Waals surface area contributed by atoms with Gasteiger partial charge in [0.25, 0.3) is 0 Å². The predicted molar refractivity (Wildman–Crippen MR) is 78.2 cm³/mol. The number of fused-ring (bicyclic) bond motifs is 1. The van der Waals surface area contributed by atoms with Crippen LogP contribution in [-0.4, -0.2) is 19.1 Å². The Bertz CT molecular complexity index is 780. The number of hydrogen-bond acceptors (Lipinski definition) is 5. The molecule has 0 saturated carbocycles. The van der Waals surface area contributed by atoms with Crippen LogP contribution in [0.2, 0.25) is 0 Å². The molecule has 0 atom stereocenters. The highest BCUT2D eigenvalue weighted by molar-refractivity contribution is 7.03. The highest BCUT2D eigenvalue weighted by Gasteiger charge is 2.15. The lowest BCUT2D eigenvalue weighted by molar-refractivity contribution is 0.536. The number of imidazole rings is 1. The van der Waals surface area contributed by atoms with Crippen LogP contribution in [0.5, 0.6) is 0 Å². The maximum atomic E-state index is 9.00. The number of nitrogens with zero attached hydrogens (tertiary/aromatic N) is 5. The third-order valence-corrected chi connectivity index (χ3v) is 3.52. The zero-order chi connectivity index (χ0) is 14.1. The van der Waals surface area contributed by atoms with E-state index in [1.165, 1.54) is 11.5 Å². The molecule has 20 heavy (non-hydrogen) atoms. The van der Waals surface area contributed by atoms with E-state index in [1.807, 2.05) is 23.6 Å². The van der Waals surface area contributed by atoms with E-state index in [-0.39, 0.29) is 0 Å². The summed E-state index contributed by atoms with van der Waals surface area (Å²) in [7, 11) is 0. The topological polar surface area (TPSA) is 67.4 Å². The second kappa shape index (κ2) is 5.02. The van der Waals surface area contributed by atoms with Crippen molar-refractivity contribution in [1.29, 1.82) is 5.26 Å². The van der Waals surface area contributed by atoms with Crippen molar-refractivity contribution in [3.05, 3.63) is 29.1 Å². The fourth-order valence-electron chi connectivity index (χ4n) is 2.21. The summed E-state index contributed by atoms with van der Waals surface area (Å²) in [4.78, 5) is 4.63. The third kappa shape index (κ3) is 2.17. The summed E-state index contributed by atoms with van der Waals surface area (Å²) in [5.74, 6) is 1.31. The number of aromatic nitrogens is 4. The van der Waals surface area contributed by atoms with E-state index in [0.717, 1.165) is 29.1 Å². The second-order valence-corrected chi connectivity index (χ2v) is 5.66. The van der Waals surface area contributed by atoms with Crippen LogP contribution in [0.3, 0.4) is 0 Å². The molecule has 0 unspecified atom stereocenters. The lowest BCUT2D eigenvalue weighted by Crippen LogP contribution is -2.06. The Morgan fingerprint density at radius 3 is 2.90 bits per heavy atom. The van der Waals surface area contributed by atoms with E-state index in [4.69, 9.17) is 5.26 Å². The molecule has 0 N–H and O–H groups in total. The maximum Gasteiger partial charge on any atom is 0.162 e. The van der Waals surface area contributed by atoms with E-state index in [1.54, 1.807) is 0 Å². The minimum Gasteiger partial charge on any atom is -0.322 e. The summed E-state index contributed by atoms with van der Waals surface area (Å²) < 4.78 is 6.06. The van der Waals surface area contributed by atoms with Crippen LogP contribution in [0.4, 0.5) is 0 Å². The van der Waals surface area contributed by atoms with Gasteiger partial charge in [0.05, 0.1) is 22.7 Å². The highest BCUT2D eigenvalue weighted by Crippen LogP contribution is 2.25. The molecular weight excluding hydrogens is 270 g/mol. The molecule has 2 heterocycles. The summed E-state index contributed by atoms with van der Waals surface area (Å²) in [6.45, 7) is 5.19. The molecule has 6 heteroatoms. The number of nitriles is 1. The van der Waals surface area contributed by atoms with Crippen LogP contribution in [-0.2, 0) is 6.54 Å². The van der Waals surface area contributed by atoms with Crippen LogP contribution in [0.1, 0.15) is 19.4 Å². The molecule has 100 valence electrons. The third-order valence-electron chi connectivity index (χ3n) is 3.01. The van der Waals surface area contributed by atoms with E-state index in [2.05, 4.69) is 39.1 Å². The quantitative estimate of drug-likeness (QED) is 0.740. The first-order valence-electron chi connectivity index (χ1n) is 6.37. The van der Waals surface area contributed by atoms with Gasteiger partial charge >= 0.3 is 0 Å². The van der Waals surface area contributed by atoms with Crippen molar-refractivity contribution in [2.75, 3.05) is 0 Å². The Kier molecular flexibility index (Phi) is 3.20. The van der Waals surface area contributed by atoms with Gasteiger partial charge in [0.1, 0.15) is 5.69 Å². The largest absolute Gasteiger partial charge is 0.322 e. The number of hydrogen-bond donors (Lipinski definition) is 0. The van der Waals surface area contributed by atoms with Gasteiger partial charge in [-0.1, -0.05) is 18.3 Å². The summed E-state index contributed by atoms with van der Waals surface area (Å²) in [6.07, 6.45) is 0. The zero-order valence-electron chi connectivity index (χ0n) is 11.2. The minimum absolute atomic E-state index is 0.494. The molecule has 0 aliphatic carbocycles. The van der Waals surface area contributed by atoms with E-state index >= 15 is 0 Å². The summed E-state index contributed by atoms with van der Waals surface area (Å²) >= 11 is 1.31. The average Bonchev–Trinajstić information content (AvgIpc) is 3.05. The maximum absolute atomic E-state index is 9.00. The average molecular weight is 283 g/mol. The van der Waals surface area contributed by atoms with Crippen molar-refractivity contribution in [2.24, 2.45) is 5.92 Å². The zero-order valence-corrected chi connectivity index (χ0v) is 12.1. The number of rotatable bonds is 3. The van der Waals surface area contributed by atoms with E-state index in [0.29, 0.717) is 11.5 Å². The van der Waals surface area contributed by atoms with Gasteiger partial charge in [0.2, 0.25) is 0 Å². The van der Waals surface area contributed by atoms with Gasteiger partial charge < -0.3 is 4.57 Å². The highest BCUT2D eigenvalue weighted by atomic mass is 32.1. The van der Waals surface area contributed by atoms with Gasteiger partial charge in [-0.3, -0.25) is 0 Å². The Balaban J connectivity index is 2.24. The predicted octanol–water partition coefficient (Wildman–Crippen LogP) is 3.08. The van der Waals surface area contributed by atoms with Gasteiger partial charge in [0.15, 0.2) is 5.82 Å². The van der Waals surface area contributed by atoms with Crippen molar-refractivity contribution >= 4 is 22.6 Å². The molecular formula is C14H13N5S. The van der Waals surface area contributed by atoms with Crippen LogP contribution in [0, 0.1) is 17.2 Å².